The largest absolute Gasteiger partial charge is 0.282 e. The van der Waals surface area contributed by atoms with E-state index in [1.54, 1.807) is 4.68 Å². The van der Waals surface area contributed by atoms with Gasteiger partial charge in [-0.25, -0.2) is 22.2 Å². The molecule has 0 unspecified atom stereocenters. The molecule has 0 radical (unpaired) electrons. The van der Waals surface area contributed by atoms with Crippen LogP contribution < -0.4 is 4.90 Å². The summed E-state index contributed by atoms with van der Waals surface area (Å²) in [6.45, 7) is 9.19. The molecule has 0 aliphatic rings. The lowest BCUT2D eigenvalue weighted by atomic mass is 10.2. The molecule has 4 aromatic rings. The summed E-state index contributed by atoms with van der Waals surface area (Å²) in [6.07, 6.45) is 3.27. The Labute approximate surface area is 243 Å². The van der Waals surface area contributed by atoms with Gasteiger partial charge in [-0.1, -0.05) is 38.0 Å². The molecule has 4 rings (SSSR count). The molecule has 8 nitrogen and oxygen atoms in total. The third-order valence-corrected chi connectivity index (χ3v) is 9.72. The van der Waals surface area contributed by atoms with Gasteiger partial charge in [0.1, 0.15) is 11.3 Å². The monoisotopic (exact) mass is 603 g/mol. The summed E-state index contributed by atoms with van der Waals surface area (Å²) >= 11 is 1.01. The fourth-order valence-corrected chi connectivity index (χ4v) is 7.08. The Balaban J connectivity index is 1.65. The molecule has 220 valence electrons. The second-order valence-corrected chi connectivity index (χ2v) is 12.9. The van der Waals surface area contributed by atoms with Gasteiger partial charge in [0.05, 0.1) is 21.8 Å². The van der Waals surface area contributed by atoms with Crippen molar-refractivity contribution >= 4 is 42.6 Å². The molecule has 0 fully saturated rings. The van der Waals surface area contributed by atoms with Crippen LogP contribution in [0.2, 0.25) is 0 Å². The van der Waals surface area contributed by atoms with Gasteiger partial charge in [0, 0.05) is 37.0 Å². The van der Waals surface area contributed by atoms with E-state index in [-0.39, 0.29) is 32.4 Å². The fraction of sp³-hybridized carbons (Fsp3) is 0.414. The fourth-order valence-electron chi connectivity index (χ4n) is 4.54. The van der Waals surface area contributed by atoms with Crippen LogP contribution in [-0.2, 0) is 16.6 Å². The molecule has 12 heteroatoms. The van der Waals surface area contributed by atoms with Crippen LogP contribution >= 0.6 is 11.3 Å². The van der Waals surface area contributed by atoms with Crippen LogP contribution in [0.3, 0.4) is 0 Å². The number of carbonyl (C=O) groups excluding carboxylic acids is 1. The first-order valence-electron chi connectivity index (χ1n) is 13.7. The minimum Gasteiger partial charge on any atom is -0.282 e. The van der Waals surface area contributed by atoms with Gasteiger partial charge in [-0.3, -0.25) is 14.4 Å². The molecule has 0 spiro atoms. The number of rotatable bonds is 13. The lowest BCUT2D eigenvalue weighted by Crippen LogP contribution is -2.34. The zero-order valence-electron chi connectivity index (χ0n) is 23.7. The number of fused-ring (bicyclic) bond motifs is 1. The number of nitrogens with zero attached hydrogens (tertiary/aromatic N) is 5. The van der Waals surface area contributed by atoms with Gasteiger partial charge in [-0.05, 0) is 63.1 Å². The minimum absolute atomic E-state index is 0.0176. The van der Waals surface area contributed by atoms with Crippen molar-refractivity contribution in [2.45, 2.75) is 64.8 Å². The van der Waals surface area contributed by atoms with Gasteiger partial charge in [-0.15, -0.1) is 0 Å². The predicted molar refractivity (Wildman–Crippen MR) is 158 cm³/mol. The zero-order chi connectivity index (χ0) is 29.7. The van der Waals surface area contributed by atoms with Crippen LogP contribution in [0.5, 0.6) is 0 Å². The predicted octanol–water partition coefficient (Wildman–Crippen LogP) is 6.33. The van der Waals surface area contributed by atoms with Gasteiger partial charge in [0.2, 0.25) is 10.0 Å². The summed E-state index contributed by atoms with van der Waals surface area (Å²) < 4.78 is 58.6. The highest BCUT2D eigenvalue weighted by molar-refractivity contribution is 7.89. The molecule has 1 amide bonds. The highest BCUT2D eigenvalue weighted by atomic mass is 32.2. The Morgan fingerprint density at radius 2 is 1.63 bits per heavy atom. The number of anilines is 1. The SMILES string of the molecule is CCCCN(CCCC)S(=O)(=O)c1ccc(C(=O)N(CCn2nc(C)cc2C)c2nc3c(F)cc(F)cc3s2)cc1. The van der Waals surface area contributed by atoms with Crippen LogP contribution in [0, 0.1) is 25.5 Å². The van der Waals surface area contributed by atoms with Crippen LogP contribution in [0.25, 0.3) is 10.2 Å². The Bertz CT molecular complexity index is 1610. The van der Waals surface area contributed by atoms with Gasteiger partial charge in [0.25, 0.3) is 5.91 Å². The van der Waals surface area contributed by atoms with Crippen LogP contribution in [-0.4, -0.2) is 53.0 Å². The molecule has 0 saturated carbocycles. The Hall–Kier alpha value is -3.22. The average Bonchev–Trinajstić information content (AvgIpc) is 3.50. The summed E-state index contributed by atoms with van der Waals surface area (Å²) in [5, 5.41) is 4.66. The number of thiazole rings is 1. The van der Waals surface area contributed by atoms with E-state index in [0.717, 1.165) is 54.5 Å². The molecular weight excluding hydrogens is 568 g/mol. The molecule has 0 aliphatic carbocycles. The third-order valence-electron chi connectivity index (χ3n) is 6.78. The molecule has 0 aliphatic heterocycles. The van der Waals surface area contributed by atoms with Crippen molar-refractivity contribution in [2.24, 2.45) is 0 Å². The lowest BCUT2D eigenvalue weighted by molar-refractivity contribution is 0.0985. The van der Waals surface area contributed by atoms with E-state index in [1.165, 1.54) is 39.5 Å². The maximum absolute atomic E-state index is 14.5. The topological polar surface area (TPSA) is 88.4 Å². The zero-order valence-corrected chi connectivity index (χ0v) is 25.4. The second-order valence-electron chi connectivity index (χ2n) is 9.97. The number of carbonyl (C=O) groups is 1. The Morgan fingerprint density at radius 1 is 0.976 bits per heavy atom. The standard InChI is InChI=1S/C29H35F2N5O3S2/c1-5-7-13-34(14-8-6-2)41(38,39)24-11-9-22(10-12-24)28(37)35(15-16-36-21(4)17-20(3)33-36)29-32-27-25(31)18-23(30)19-26(27)40-29/h9-12,17-19H,5-8,13-16H2,1-4H3. The van der Waals surface area contributed by atoms with Crippen molar-refractivity contribution in [1.29, 1.82) is 0 Å². The number of amides is 1. The van der Waals surface area contributed by atoms with E-state index in [1.807, 2.05) is 33.8 Å². The van der Waals surface area contributed by atoms with Crippen LogP contribution in [0.15, 0.2) is 47.4 Å². The number of benzene rings is 2. The number of sulfonamides is 1. The molecule has 2 aromatic heterocycles. The van der Waals surface area contributed by atoms with Gasteiger partial charge < -0.3 is 0 Å². The van der Waals surface area contributed by atoms with Crippen molar-refractivity contribution in [3.8, 4) is 0 Å². The summed E-state index contributed by atoms with van der Waals surface area (Å²) in [7, 11) is -3.73. The number of unbranched alkanes of at least 4 members (excludes halogenated alkanes) is 2. The number of hydrogen-bond acceptors (Lipinski definition) is 6. The van der Waals surface area contributed by atoms with E-state index in [0.29, 0.717) is 19.6 Å². The molecule has 0 atom stereocenters. The van der Waals surface area contributed by atoms with Gasteiger partial charge in [0.15, 0.2) is 10.9 Å². The maximum Gasteiger partial charge on any atom is 0.260 e. The first-order valence-corrected chi connectivity index (χ1v) is 16.0. The van der Waals surface area contributed by atoms with Gasteiger partial charge in [-0.2, -0.15) is 9.40 Å². The third kappa shape index (κ3) is 6.99. The Kier molecular flexibility index (Phi) is 9.88. The summed E-state index contributed by atoms with van der Waals surface area (Å²) in [5.74, 6) is -1.97. The summed E-state index contributed by atoms with van der Waals surface area (Å²) in [6, 6.07) is 9.72. The van der Waals surface area contributed by atoms with E-state index < -0.39 is 27.6 Å². The normalized spacial score (nSPS) is 12.0. The smallest absolute Gasteiger partial charge is 0.260 e. The van der Waals surface area contributed by atoms with E-state index >= 15 is 0 Å². The summed E-state index contributed by atoms with van der Waals surface area (Å²) in [5.41, 5.74) is 1.98. The highest BCUT2D eigenvalue weighted by Crippen LogP contribution is 2.32. The van der Waals surface area contributed by atoms with Crippen molar-refractivity contribution < 1.29 is 22.0 Å². The molecular formula is C29H35F2N5O3S2. The minimum atomic E-state index is -3.73. The number of hydrogen-bond donors (Lipinski definition) is 0. The van der Waals surface area contributed by atoms with E-state index in [4.69, 9.17) is 0 Å². The van der Waals surface area contributed by atoms with Crippen molar-refractivity contribution in [3.63, 3.8) is 0 Å². The molecule has 2 aromatic carbocycles. The van der Waals surface area contributed by atoms with Crippen LogP contribution in [0.4, 0.5) is 13.9 Å². The van der Waals surface area contributed by atoms with Crippen molar-refractivity contribution in [1.82, 2.24) is 19.1 Å². The molecule has 2 heterocycles. The molecule has 0 bridgehead atoms. The lowest BCUT2D eigenvalue weighted by Gasteiger charge is -2.23. The molecule has 41 heavy (non-hydrogen) atoms. The maximum atomic E-state index is 14.5. The quantitative estimate of drug-likeness (QED) is 0.178. The Morgan fingerprint density at radius 3 is 2.22 bits per heavy atom. The van der Waals surface area contributed by atoms with E-state index in [9.17, 15) is 22.0 Å². The first-order chi connectivity index (χ1) is 19.5. The molecule has 0 N–H and O–H groups in total. The summed E-state index contributed by atoms with van der Waals surface area (Å²) in [4.78, 5) is 19.6. The number of aryl methyl sites for hydroxylation is 2. The highest BCUT2D eigenvalue weighted by Gasteiger charge is 2.26. The number of aromatic nitrogens is 3. The second kappa shape index (κ2) is 13.2. The molecule has 0 saturated heterocycles. The van der Waals surface area contributed by atoms with Gasteiger partial charge >= 0.3 is 0 Å². The van der Waals surface area contributed by atoms with Crippen molar-refractivity contribution in [3.05, 3.63) is 71.1 Å². The number of halogens is 2. The van der Waals surface area contributed by atoms with Crippen molar-refractivity contribution in [2.75, 3.05) is 24.5 Å². The first kappa shape index (κ1) is 30.7. The average molecular weight is 604 g/mol. The van der Waals surface area contributed by atoms with E-state index in [2.05, 4.69) is 10.1 Å². The van der Waals surface area contributed by atoms with Crippen LogP contribution in [0.1, 0.15) is 61.3 Å².